The number of carbonyl (C=O) groups excluding carboxylic acids is 1. The second-order valence-electron chi connectivity index (χ2n) is 6.66. The van der Waals surface area contributed by atoms with E-state index in [9.17, 15) is 13.2 Å². The Morgan fingerprint density at radius 2 is 1.56 bits per heavy atom. The van der Waals surface area contributed by atoms with Crippen molar-refractivity contribution in [2.24, 2.45) is 0 Å². The summed E-state index contributed by atoms with van der Waals surface area (Å²) in [7, 11) is -3.39. The third-order valence-corrected chi connectivity index (χ3v) is 6.83. The van der Waals surface area contributed by atoms with Crippen LogP contribution in [0, 0.1) is 0 Å². The highest BCUT2D eigenvalue weighted by Crippen LogP contribution is 2.21. The topological polar surface area (TPSA) is 66.5 Å². The second-order valence-corrected chi connectivity index (χ2v) is 9.03. The van der Waals surface area contributed by atoms with E-state index in [2.05, 4.69) is 5.32 Å². The van der Waals surface area contributed by atoms with Gasteiger partial charge >= 0.3 is 0 Å². The van der Waals surface area contributed by atoms with Crippen molar-refractivity contribution >= 4 is 27.5 Å². The molecule has 1 saturated heterocycles. The van der Waals surface area contributed by atoms with Crippen LogP contribution in [0.1, 0.15) is 30.4 Å². The number of hydrogen-bond donors (Lipinski definition) is 1. The summed E-state index contributed by atoms with van der Waals surface area (Å²) in [5, 5.41) is 3.55. The first-order valence-corrected chi connectivity index (χ1v) is 10.9. The number of nitrogens with zero attached hydrogens (tertiary/aromatic N) is 1. The Hall–Kier alpha value is -1.89. The zero-order chi connectivity index (χ0) is 19.3. The molecule has 2 aromatic rings. The van der Waals surface area contributed by atoms with Crippen LogP contribution in [0.3, 0.4) is 0 Å². The number of carbonyl (C=O) groups is 1. The summed E-state index contributed by atoms with van der Waals surface area (Å²) >= 11 is 5.85. The fourth-order valence-electron chi connectivity index (χ4n) is 3.05. The van der Waals surface area contributed by atoms with Crippen molar-refractivity contribution in [1.29, 1.82) is 0 Å². The highest BCUT2D eigenvalue weighted by molar-refractivity contribution is 7.89. The first kappa shape index (κ1) is 19.9. The van der Waals surface area contributed by atoms with Crippen LogP contribution in [-0.2, 0) is 27.8 Å². The van der Waals surface area contributed by atoms with Crippen LogP contribution < -0.4 is 5.32 Å². The van der Waals surface area contributed by atoms with Gasteiger partial charge in [-0.2, -0.15) is 4.31 Å². The van der Waals surface area contributed by atoms with E-state index in [-0.39, 0.29) is 5.91 Å². The van der Waals surface area contributed by atoms with Gasteiger partial charge in [-0.1, -0.05) is 35.9 Å². The molecule has 1 fully saturated rings. The Labute approximate surface area is 165 Å². The zero-order valence-corrected chi connectivity index (χ0v) is 16.6. The molecule has 144 valence electrons. The molecule has 1 amide bonds. The lowest BCUT2D eigenvalue weighted by Crippen LogP contribution is -2.28. The molecule has 1 aliphatic rings. The molecule has 0 atom stereocenters. The lowest BCUT2D eigenvalue weighted by atomic mass is 10.1. The van der Waals surface area contributed by atoms with Crippen LogP contribution >= 0.6 is 11.6 Å². The molecule has 0 radical (unpaired) electrons. The van der Waals surface area contributed by atoms with E-state index in [1.807, 2.05) is 24.3 Å². The first-order chi connectivity index (χ1) is 12.9. The van der Waals surface area contributed by atoms with Gasteiger partial charge in [-0.25, -0.2) is 8.42 Å². The van der Waals surface area contributed by atoms with E-state index in [4.69, 9.17) is 11.6 Å². The Morgan fingerprint density at radius 3 is 2.19 bits per heavy atom. The predicted molar refractivity (Wildman–Crippen MR) is 106 cm³/mol. The lowest BCUT2D eigenvalue weighted by molar-refractivity contribution is -0.121. The predicted octanol–water partition coefficient (Wildman–Crippen LogP) is 3.37. The van der Waals surface area contributed by atoms with Gasteiger partial charge in [0.05, 0.1) is 4.90 Å². The SMILES string of the molecule is O=C(CCc1ccc(Cl)cc1)NCc1ccc(S(=O)(=O)N2CCCC2)cc1. The summed E-state index contributed by atoms with van der Waals surface area (Å²) in [6.07, 6.45) is 2.87. The minimum absolute atomic E-state index is 0.0429. The molecule has 0 spiro atoms. The fourth-order valence-corrected chi connectivity index (χ4v) is 4.70. The maximum Gasteiger partial charge on any atom is 0.243 e. The van der Waals surface area contributed by atoms with Crippen LogP contribution in [0.4, 0.5) is 0 Å². The third kappa shape index (κ3) is 5.31. The third-order valence-electron chi connectivity index (χ3n) is 4.67. The minimum atomic E-state index is -3.39. The fraction of sp³-hybridized carbons (Fsp3) is 0.350. The standard InChI is InChI=1S/C20H23ClN2O3S/c21-18-8-3-16(4-9-18)7-12-20(24)22-15-17-5-10-19(11-6-17)27(25,26)23-13-1-2-14-23/h3-6,8-11H,1-2,7,12-15H2,(H,22,24). The minimum Gasteiger partial charge on any atom is -0.352 e. The Bertz CT molecular complexity index is 874. The second kappa shape index (κ2) is 8.87. The van der Waals surface area contributed by atoms with Crippen molar-refractivity contribution < 1.29 is 13.2 Å². The number of sulfonamides is 1. The van der Waals surface area contributed by atoms with Crippen LogP contribution in [-0.4, -0.2) is 31.7 Å². The van der Waals surface area contributed by atoms with E-state index in [1.165, 1.54) is 4.31 Å². The average Bonchev–Trinajstić information content (AvgIpc) is 3.22. The van der Waals surface area contributed by atoms with Gasteiger partial charge < -0.3 is 5.32 Å². The highest BCUT2D eigenvalue weighted by atomic mass is 35.5. The van der Waals surface area contributed by atoms with Crippen molar-refractivity contribution in [1.82, 2.24) is 9.62 Å². The van der Waals surface area contributed by atoms with Gasteiger partial charge in [0.25, 0.3) is 0 Å². The number of nitrogens with one attached hydrogen (secondary N) is 1. The summed E-state index contributed by atoms with van der Waals surface area (Å²) in [5.41, 5.74) is 1.93. The maximum atomic E-state index is 12.5. The monoisotopic (exact) mass is 406 g/mol. The Balaban J connectivity index is 1.49. The molecule has 1 aliphatic heterocycles. The lowest BCUT2D eigenvalue weighted by Gasteiger charge is -2.15. The number of amides is 1. The molecule has 1 N–H and O–H groups in total. The Morgan fingerprint density at radius 1 is 0.963 bits per heavy atom. The number of benzene rings is 2. The van der Waals surface area contributed by atoms with E-state index >= 15 is 0 Å². The smallest absolute Gasteiger partial charge is 0.243 e. The molecular formula is C20H23ClN2O3S. The molecule has 3 rings (SSSR count). The zero-order valence-electron chi connectivity index (χ0n) is 15.0. The summed E-state index contributed by atoms with van der Waals surface area (Å²) < 4.78 is 26.5. The normalized spacial score (nSPS) is 15.0. The molecule has 0 bridgehead atoms. The molecular weight excluding hydrogens is 384 g/mol. The van der Waals surface area contributed by atoms with Crippen molar-refractivity contribution in [2.75, 3.05) is 13.1 Å². The van der Waals surface area contributed by atoms with Gasteiger partial charge in [0.1, 0.15) is 0 Å². The molecule has 2 aromatic carbocycles. The van der Waals surface area contributed by atoms with Crippen LogP contribution in [0.25, 0.3) is 0 Å². The number of halogens is 1. The molecule has 1 heterocycles. The number of aryl methyl sites for hydroxylation is 1. The molecule has 5 nitrogen and oxygen atoms in total. The van der Waals surface area contributed by atoms with E-state index in [0.717, 1.165) is 24.0 Å². The van der Waals surface area contributed by atoms with E-state index in [1.54, 1.807) is 24.3 Å². The largest absolute Gasteiger partial charge is 0.352 e. The molecule has 27 heavy (non-hydrogen) atoms. The van der Waals surface area contributed by atoms with Gasteiger partial charge in [-0.3, -0.25) is 4.79 Å². The van der Waals surface area contributed by atoms with E-state index < -0.39 is 10.0 Å². The van der Waals surface area contributed by atoms with Crippen LogP contribution in [0.15, 0.2) is 53.4 Å². The van der Waals surface area contributed by atoms with Crippen molar-refractivity contribution in [2.45, 2.75) is 37.1 Å². The van der Waals surface area contributed by atoms with Gasteiger partial charge in [0, 0.05) is 31.1 Å². The molecule has 0 aromatic heterocycles. The van der Waals surface area contributed by atoms with Gasteiger partial charge in [-0.05, 0) is 54.7 Å². The van der Waals surface area contributed by atoms with Gasteiger partial charge in [0.2, 0.25) is 15.9 Å². The van der Waals surface area contributed by atoms with Gasteiger partial charge in [0.15, 0.2) is 0 Å². The van der Waals surface area contributed by atoms with Crippen molar-refractivity contribution in [3.05, 3.63) is 64.7 Å². The van der Waals surface area contributed by atoms with E-state index in [0.29, 0.717) is 42.4 Å². The maximum absolute atomic E-state index is 12.5. The molecule has 0 aliphatic carbocycles. The van der Waals surface area contributed by atoms with Crippen LogP contribution in [0.2, 0.25) is 5.02 Å². The van der Waals surface area contributed by atoms with Crippen molar-refractivity contribution in [3.63, 3.8) is 0 Å². The first-order valence-electron chi connectivity index (χ1n) is 9.05. The Kier molecular flexibility index (Phi) is 6.52. The van der Waals surface area contributed by atoms with Crippen LogP contribution in [0.5, 0.6) is 0 Å². The highest BCUT2D eigenvalue weighted by Gasteiger charge is 2.26. The number of rotatable bonds is 7. The molecule has 0 unspecified atom stereocenters. The molecule has 7 heteroatoms. The number of hydrogen-bond acceptors (Lipinski definition) is 3. The van der Waals surface area contributed by atoms with Crippen molar-refractivity contribution in [3.8, 4) is 0 Å². The quantitative estimate of drug-likeness (QED) is 0.766. The summed E-state index contributed by atoms with van der Waals surface area (Å²) in [6, 6.07) is 14.2. The van der Waals surface area contributed by atoms with Gasteiger partial charge in [-0.15, -0.1) is 0 Å². The average molecular weight is 407 g/mol. The summed E-state index contributed by atoms with van der Waals surface area (Å²) in [4.78, 5) is 12.3. The molecule has 0 saturated carbocycles. The summed E-state index contributed by atoms with van der Waals surface area (Å²) in [6.45, 7) is 1.56. The summed E-state index contributed by atoms with van der Waals surface area (Å²) in [5.74, 6) is -0.0429.